The molecule has 7 unspecified atom stereocenters. The zero-order valence-corrected chi connectivity index (χ0v) is 21.4. The van der Waals surface area contributed by atoms with Crippen molar-refractivity contribution in [3.05, 3.63) is 43.0 Å². The summed E-state index contributed by atoms with van der Waals surface area (Å²) in [6.45, 7) is 2.33. The molecule has 2 aromatic heterocycles. The molecule has 196 valence electrons. The summed E-state index contributed by atoms with van der Waals surface area (Å²) in [6, 6.07) is 7.83. The highest BCUT2D eigenvalue weighted by atomic mass is 31.2. The van der Waals surface area contributed by atoms with Crippen molar-refractivity contribution >= 4 is 30.7 Å². The minimum atomic E-state index is -3.94. The number of nitrogen functional groups attached to an aromatic ring is 1. The molecule has 2 aliphatic carbocycles. The van der Waals surface area contributed by atoms with Gasteiger partial charge in [-0.05, 0) is 49.1 Å². The molecule has 3 aromatic rings. The molecule has 3 aliphatic rings. The highest BCUT2D eigenvalue weighted by Gasteiger charge is 2.63. The van der Waals surface area contributed by atoms with Crippen LogP contribution in [-0.4, -0.2) is 58.0 Å². The van der Waals surface area contributed by atoms with Crippen LogP contribution in [0.1, 0.15) is 19.4 Å². The zero-order chi connectivity index (χ0) is 25.7. The van der Waals surface area contributed by atoms with Crippen LogP contribution in [0.5, 0.6) is 5.75 Å². The Balaban J connectivity index is 1.25. The van der Waals surface area contributed by atoms with Gasteiger partial charge in [0.15, 0.2) is 11.5 Å². The molecule has 1 aromatic carbocycles. The van der Waals surface area contributed by atoms with Crippen LogP contribution in [0.15, 0.2) is 43.0 Å². The van der Waals surface area contributed by atoms with Gasteiger partial charge in [-0.1, -0.05) is 18.2 Å². The van der Waals surface area contributed by atoms with Crippen LogP contribution in [0.25, 0.3) is 11.2 Å². The van der Waals surface area contributed by atoms with E-state index in [1.807, 2.05) is 10.6 Å². The third-order valence-corrected chi connectivity index (χ3v) is 9.54. The molecule has 3 fully saturated rings. The van der Waals surface area contributed by atoms with Crippen molar-refractivity contribution in [3.63, 3.8) is 0 Å². The number of hydrogen-bond donors (Lipinski definition) is 2. The Bertz CT molecular complexity index is 1350. The number of esters is 1. The van der Waals surface area contributed by atoms with E-state index in [0.717, 1.165) is 6.42 Å². The van der Waals surface area contributed by atoms with E-state index < -0.39 is 19.8 Å². The van der Waals surface area contributed by atoms with E-state index in [-0.39, 0.29) is 36.5 Å². The minimum absolute atomic E-state index is 0.00645. The smallest absolute Gasteiger partial charge is 0.459 e. The third kappa shape index (κ3) is 4.17. The van der Waals surface area contributed by atoms with Crippen LogP contribution in [0.4, 0.5) is 5.82 Å². The second-order valence-electron chi connectivity index (χ2n) is 9.83. The Morgan fingerprint density at radius 1 is 1.24 bits per heavy atom. The van der Waals surface area contributed by atoms with Crippen LogP contribution in [0.3, 0.4) is 0 Å². The third-order valence-electron chi connectivity index (χ3n) is 7.89. The van der Waals surface area contributed by atoms with E-state index in [1.165, 1.54) is 13.4 Å². The molecule has 8 atom stereocenters. The summed E-state index contributed by atoms with van der Waals surface area (Å²) >= 11 is 0. The molecule has 6 rings (SSSR count). The van der Waals surface area contributed by atoms with E-state index in [1.54, 1.807) is 37.5 Å². The predicted octanol–water partition coefficient (Wildman–Crippen LogP) is 2.59. The number of fused-ring (bicyclic) bond motifs is 2. The highest BCUT2D eigenvalue weighted by molar-refractivity contribution is 7.52. The number of hydrogen-bond acceptors (Lipinski definition) is 10. The Kier molecular flexibility index (Phi) is 6.15. The Morgan fingerprint density at radius 2 is 2.05 bits per heavy atom. The molecular weight excluding hydrogens is 499 g/mol. The van der Waals surface area contributed by atoms with Gasteiger partial charge in [-0.15, -0.1) is 0 Å². The van der Waals surface area contributed by atoms with E-state index in [2.05, 4.69) is 20.0 Å². The van der Waals surface area contributed by atoms with Crippen LogP contribution >= 0.6 is 7.75 Å². The number of imidazole rings is 1. The monoisotopic (exact) mass is 528 g/mol. The number of benzene rings is 1. The van der Waals surface area contributed by atoms with Crippen LogP contribution < -0.4 is 15.3 Å². The SMILES string of the molecule is COC(=O)[C@H](C)NP(=O)(OCC1C2COC3C2CC1C3n1cnc2c(N)ncnc21)Oc1ccccc1. The first-order chi connectivity index (χ1) is 17.9. The number of ether oxygens (including phenoxy) is 2. The summed E-state index contributed by atoms with van der Waals surface area (Å²) in [5.74, 6) is 1.03. The fourth-order valence-electron chi connectivity index (χ4n) is 6.32. The number of para-hydroxylation sites is 1. The Labute approximate surface area is 213 Å². The average Bonchev–Trinajstić information content (AvgIpc) is 3.63. The van der Waals surface area contributed by atoms with Crippen LogP contribution in [0, 0.1) is 23.7 Å². The van der Waals surface area contributed by atoms with Gasteiger partial charge in [0.05, 0.1) is 38.8 Å². The average molecular weight is 529 g/mol. The van der Waals surface area contributed by atoms with Crippen molar-refractivity contribution in [2.45, 2.75) is 31.5 Å². The van der Waals surface area contributed by atoms with E-state index in [0.29, 0.717) is 35.3 Å². The summed E-state index contributed by atoms with van der Waals surface area (Å²) < 4.78 is 38.8. The van der Waals surface area contributed by atoms with Gasteiger partial charge in [-0.2, -0.15) is 5.09 Å². The fourth-order valence-corrected chi connectivity index (χ4v) is 7.85. The lowest BCUT2D eigenvalue weighted by molar-refractivity contribution is -0.142. The quantitative estimate of drug-likeness (QED) is 0.311. The van der Waals surface area contributed by atoms with Gasteiger partial charge in [0.1, 0.15) is 23.6 Å². The lowest BCUT2D eigenvalue weighted by Crippen LogP contribution is -2.38. The van der Waals surface area contributed by atoms with Gasteiger partial charge in [-0.3, -0.25) is 9.32 Å². The van der Waals surface area contributed by atoms with Crippen molar-refractivity contribution in [2.24, 2.45) is 23.7 Å². The maximum absolute atomic E-state index is 13.9. The summed E-state index contributed by atoms with van der Waals surface area (Å²) in [5.41, 5.74) is 7.25. The summed E-state index contributed by atoms with van der Waals surface area (Å²) in [7, 11) is -2.66. The normalized spacial score (nSPS) is 30.3. The number of carbonyl (C=O) groups excluding carboxylic acids is 1. The molecule has 0 amide bonds. The molecule has 1 saturated heterocycles. The van der Waals surface area contributed by atoms with Crippen LogP contribution in [-0.2, 0) is 23.4 Å². The molecule has 0 spiro atoms. The van der Waals surface area contributed by atoms with Gasteiger partial charge < -0.3 is 24.3 Å². The number of methoxy groups -OCH3 is 1. The van der Waals surface area contributed by atoms with Gasteiger partial charge in [0.25, 0.3) is 0 Å². The number of rotatable bonds is 9. The predicted molar refractivity (Wildman–Crippen MR) is 132 cm³/mol. The van der Waals surface area contributed by atoms with Crippen LogP contribution in [0.2, 0.25) is 0 Å². The number of anilines is 1. The second kappa shape index (κ2) is 9.36. The molecule has 13 heteroatoms. The van der Waals surface area contributed by atoms with Crippen molar-refractivity contribution in [3.8, 4) is 5.75 Å². The lowest BCUT2D eigenvalue weighted by atomic mass is 9.78. The molecule has 3 N–H and O–H groups in total. The molecule has 0 radical (unpaired) electrons. The highest BCUT2D eigenvalue weighted by Crippen LogP contribution is 2.62. The summed E-state index contributed by atoms with van der Waals surface area (Å²) in [6.07, 6.45) is 4.19. The van der Waals surface area contributed by atoms with Crippen molar-refractivity contribution in [2.75, 3.05) is 26.1 Å². The van der Waals surface area contributed by atoms with Gasteiger partial charge in [0.2, 0.25) is 0 Å². The minimum Gasteiger partial charge on any atom is -0.468 e. The Morgan fingerprint density at radius 3 is 2.84 bits per heavy atom. The van der Waals surface area contributed by atoms with Crippen molar-refractivity contribution in [1.29, 1.82) is 0 Å². The van der Waals surface area contributed by atoms with Crippen molar-refractivity contribution in [1.82, 2.24) is 24.6 Å². The van der Waals surface area contributed by atoms with E-state index in [9.17, 15) is 9.36 Å². The first-order valence-electron chi connectivity index (χ1n) is 12.3. The number of aromatic nitrogens is 4. The summed E-state index contributed by atoms with van der Waals surface area (Å²) in [4.78, 5) is 25.0. The lowest BCUT2D eigenvalue weighted by Gasteiger charge is -2.34. The maximum atomic E-state index is 13.9. The molecule has 37 heavy (non-hydrogen) atoms. The topological polar surface area (TPSA) is 153 Å². The number of nitrogens with zero attached hydrogens (tertiary/aromatic N) is 4. The molecular formula is C24H29N6O6P. The number of carbonyl (C=O) groups is 1. The standard InChI is InChI=1S/C24H29N6O6P/c1-13(24(31)33-2)29-37(32,36-14-6-4-3-5-7-14)35-10-18-15-8-16-17(18)9-34-21(16)20(15)30-12-28-19-22(25)26-11-27-23(19)30/h3-7,11-13,15-18,20-21H,8-10H2,1-2H3,(H,29,32)(H2,25,26,27)/t13-,15?,16?,17?,18?,20?,21?,37?/m0/s1. The molecule has 2 saturated carbocycles. The molecule has 1 aliphatic heterocycles. The number of nitrogens with two attached hydrogens (primary N) is 1. The van der Waals surface area contributed by atoms with E-state index >= 15 is 0 Å². The van der Waals surface area contributed by atoms with Gasteiger partial charge >= 0.3 is 13.7 Å². The Hall–Kier alpha value is -3.05. The maximum Gasteiger partial charge on any atom is 0.459 e. The fraction of sp³-hybridized carbons (Fsp3) is 0.500. The second-order valence-corrected chi connectivity index (χ2v) is 11.5. The zero-order valence-electron chi connectivity index (χ0n) is 20.5. The summed E-state index contributed by atoms with van der Waals surface area (Å²) in [5, 5.41) is 2.73. The first-order valence-corrected chi connectivity index (χ1v) is 13.8. The van der Waals surface area contributed by atoms with Crippen molar-refractivity contribution < 1.29 is 27.9 Å². The molecule has 12 nitrogen and oxygen atoms in total. The molecule has 2 bridgehead atoms. The number of nitrogens with one attached hydrogen (secondary N) is 1. The van der Waals surface area contributed by atoms with Gasteiger partial charge in [-0.25, -0.2) is 19.5 Å². The molecule has 3 heterocycles. The largest absolute Gasteiger partial charge is 0.468 e. The first kappa shape index (κ1) is 24.3. The van der Waals surface area contributed by atoms with Gasteiger partial charge in [0, 0.05) is 0 Å². The van der Waals surface area contributed by atoms with E-state index in [4.69, 9.17) is 24.3 Å².